The molecular formula is C22H22FN3O3. The highest BCUT2D eigenvalue weighted by Gasteiger charge is 2.36. The summed E-state index contributed by atoms with van der Waals surface area (Å²) in [5, 5.41) is 4.06. The number of nitrogens with zero attached hydrogens (tertiary/aromatic N) is 3. The van der Waals surface area contributed by atoms with Crippen LogP contribution in [0.15, 0.2) is 47.0 Å². The molecule has 1 amide bonds. The quantitative estimate of drug-likeness (QED) is 0.637. The van der Waals surface area contributed by atoms with E-state index in [1.165, 1.54) is 6.07 Å². The summed E-state index contributed by atoms with van der Waals surface area (Å²) in [7, 11) is 0. The van der Waals surface area contributed by atoms with Crippen LogP contribution in [0.4, 0.5) is 10.1 Å². The van der Waals surface area contributed by atoms with Crippen LogP contribution in [0.2, 0.25) is 0 Å². The molecule has 29 heavy (non-hydrogen) atoms. The first-order valence-corrected chi connectivity index (χ1v) is 9.58. The Morgan fingerprint density at radius 3 is 2.69 bits per heavy atom. The normalized spacial score (nSPS) is 16.7. The minimum absolute atomic E-state index is 0.0846. The second-order valence-electron chi connectivity index (χ2n) is 7.44. The molecule has 150 valence electrons. The van der Waals surface area contributed by atoms with Crippen molar-refractivity contribution in [3.05, 3.63) is 59.7 Å². The van der Waals surface area contributed by atoms with Crippen LogP contribution in [0.1, 0.15) is 37.6 Å². The third kappa shape index (κ3) is 3.85. The zero-order chi connectivity index (χ0) is 20.5. The van der Waals surface area contributed by atoms with Gasteiger partial charge in [0.1, 0.15) is 11.6 Å². The Hall–Kier alpha value is -3.22. The lowest BCUT2D eigenvalue weighted by Crippen LogP contribution is -2.25. The molecule has 0 aliphatic carbocycles. The lowest BCUT2D eigenvalue weighted by Gasteiger charge is -2.18. The molecule has 1 unspecified atom stereocenters. The molecule has 1 aliphatic rings. The van der Waals surface area contributed by atoms with Gasteiger partial charge >= 0.3 is 0 Å². The molecule has 1 saturated heterocycles. The Bertz CT molecular complexity index is 1030. The number of rotatable bonds is 5. The molecule has 0 N–H and O–H groups in total. The number of benzene rings is 2. The van der Waals surface area contributed by atoms with Crippen LogP contribution in [-0.4, -0.2) is 28.7 Å². The van der Waals surface area contributed by atoms with Crippen molar-refractivity contribution < 1.29 is 18.4 Å². The van der Waals surface area contributed by atoms with Crippen LogP contribution in [0.25, 0.3) is 11.4 Å². The first-order chi connectivity index (χ1) is 13.9. The van der Waals surface area contributed by atoms with Gasteiger partial charge in [-0.2, -0.15) is 4.98 Å². The minimum atomic E-state index is -0.330. The van der Waals surface area contributed by atoms with Gasteiger partial charge in [-0.15, -0.1) is 0 Å². The number of carbonyl (C=O) groups excluding carboxylic acids is 1. The molecule has 2 aromatic carbocycles. The summed E-state index contributed by atoms with van der Waals surface area (Å²) in [6.07, 6.45) is 0.348. The smallest absolute Gasteiger partial charge is 0.232 e. The van der Waals surface area contributed by atoms with E-state index >= 15 is 0 Å². The fourth-order valence-electron chi connectivity index (χ4n) is 3.47. The van der Waals surface area contributed by atoms with Crippen LogP contribution >= 0.6 is 0 Å². The zero-order valence-corrected chi connectivity index (χ0v) is 16.6. The Kier molecular flexibility index (Phi) is 5.05. The second kappa shape index (κ2) is 7.66. The number of anilines is 1. The highest BCUT2D eigenvalue weighted by atomic mass is 19.1. The van der Waals surface area contributed by atoms with Crippen molar-refractivity contribution in [1.29, 1.82) is 0 Å². The highest BCUT2D eigenvalue weighted by Crippen LogP contribution is 2.34. The number of halogens is 1. The largest absolute Gasteiger partial charge is 0.491 e. The maximum atomic E-state index is 13.9. The zero-order valence-electron chi connectivity index (χ0n) is 16.6. The van der Waals surface area contributed by atoms with Gasteiger partial charge in [-0.05, 0) is 57.2 Å². The number of amides is 1. The van der Waals surface area contributed by atoms with E-state index in [9.17, 15) is 9.18 Å². The van der Waals surface area contributed by atoms with Crippen LogP contribution in [0.5, 0.6) is 5.75 Å². The molecule has 1 aromatic heterocycles. The number of ether oxygens (including phenoxy) is 1. The van der Waals surface area contributed by atoms with Crippen molar-refractivity contribution in [3.63, 3.8) is 0 Å². The van der Waals surface area contributed by atoms with Crippen molar-refractivity contribution >= 4 is 11.6 Å². The van der Waals surface area contributed by atoms with Gasteiger partial charge < -0.3 is 14.2 Å². The van der Waals surface area contributed by atoms with Gasteiger partial charge in [-0.1, -0.05) is 11.2 Å². The van der Waals surface area contributed by atoms with Crippen LogP contribution < -0.4 is 9.64 Å². The van der Waals surface area contributed by atoms with E-state index in [4.69, 9.17) is 9.26 Å². The summed E-state index contributed by atoms with van der Waals surface area (Å²) in [5.41, 5.74) is 1.84. The van der Waals surface area contributed by atoms with Crippen LogP contribution in [-0.2, 0) is 4.79 Å². The lowest BCUT2D eigenvalue weighted by molar-refractivity contribution is -0.117. The van der Waals surface area contributed by atoms with Crippen LogP contribution in [0.3, 0.4) is 0 Å². The third-order valence-corrected chi connectivity index (χ3v) is 4.93. The molecule has 0 saturated carbocycles. The van der Waals surface area contributed by atoms with E-state index in [1.807, 2.05) is 38.1 Å². The Labute approximate surface area is 168 Å². The van der Waals surface area contributed by atoms with Gasteiger partial charge in [0, 0.05) is 29.8 Å². The predicted molar refractivity (Wildman–Crippen MR) is 106 cm³/mol. The topological polar surface area (TPSA) is 68.5 Å². The number of hydrogen-bond donors (Lipinski definition) is 0. The Morgan fingerprint density at radius 1 is 1.21 bits per heavy atom. The van der Waals surface area contributed by atoms with E-state index in [0.717, 1.165) is 11.3 Å². The summed E-state index contributed by atoms with van der Waals surface area (Å²) >= 11 is 0. The first kappa shape index (κ1) is 19.1. The number of aromatic nitrogens is 2. The average molecular weight is 395 g/mol. The van der Waals surface area contributed by atoms with Crippen molar-refractivity contribution in [2.24, 2.45) is 0 Å². The van der Waals surface area contributed by atoms with Crippen molar-refractivity contribution in [2.45, 2.75) is 39.2 Å². The monoisotopic (exact) mass is 395 g/mol. The fourth-order valence-corrected chi connectivity index (χ4v) is 3.47. The molecular weight excluding hydrogens is 373 g/mol. The van der Waals surface area contributed by atoms with E-state index < -0.39 is 0 Å². The SMILES string of the molecule is Cc1c(F)cccc1N1CC(c2nc(-c3ccc(OC(C)C)cc3)no2)CC1=O. The molecule has 0 bridgehead atoms. The summed E-state index contributed by atoms with van der Waals surface area (Å²) < 4.78 is 25.0. The van der Waals surface area contributed by atoms with Crippen molar-refractivity contribution in [1.82, 2.24) is 10.1 Å². The highest BCUT2D eigenvalue weighted by molar-refractivity contribution is 5.97. The molecule has 0 spiro atoms. The first-order valence-electron chi connectivity index (χ1n) is 9.58. The molecule has 7 heteroatoms. The minimum Gasteiger partial charge on any atom is -0.491 e. The van der Waals surface area contributed by atoms with Gasteiger partial charge in [0.25, 0.3) is 0 Å². The van der Waals surface area contributed by atoms with E-state index in [1.54, 1.807) is 24.0 Å². The predicted octanol–water partition coefficient (Wildman–Crippen LogP) is 4.49. The molecule has 0 radical (unpaired) electrons. The molecule has 2 heterocycles. The Balaban J connectivity index is 1.51. The van der Waals surface area contributed by atoms with E-state index in [2.05, 4.69) is 10.1 Å². The van der Waals surface area contributed by atoms with E-state index in [0.29, 0.717) is 29.5 Å². The molecule has 6 nitrogen and oxygen atoms in total. The molecule has 4 rings (SSSR count). The van der Waals surface area contributed by atoms with Crippen LogP contribution in [0, 0.1) is 12.7 Å². The average Bonchev–Trinajstić information content (AvgIpc) is 3.31. The summed E-state index contributed by atoms with van der Waals surface area (Å²) in [4.78, 5) is 18.6. The molecule has 3 aromatic rings. The molecule has 1 aliphatic heterocycles. The summed E-state index contributed by atoms with van der Waals surface area (Å²) in [6, 6.07) is 12.2. The van der Waals surface area contributed by atoms with Gasteiger partial charge in [0.05, 0.1) is 12.0 Å². The summed E-state index contributed by atoms with van der Waals surface area (Å²) in [6.45, 7) is 5.99. The fraction of sp³-hybridized carbons (Fsp3) is 0.318. The number of carbonyl (C=O) groups is 1. The third-order valence-electron chi connectivity index (χ3n) is 4.93. The van der Waals surface area contributed by atoms with Gasteiger partial charge in [0.2, 0.25) is 17.6 Å². The van der Waals surface area contributed by atoms with Crippen molar-refractivity contribution in [2.75, 3.05) is 11.4 Å². The Morgan fingerprint density at radius 2 is 1.97 bits per heavy atom. The maximum Gasteiger partial charge on any atom is 0.232 e. The van der Waals surface area contributed by atoms with Gasteiger partial charge in [-0.3, -0.25) is 4.79 Å². The standard InChI is InChI=1S/C22H22FN3O3/c1-13(2)28-17-9-7-15(8-10-17)21-24-22(29-25-21)16-11-20(27)26(12-16)19-6-4-5-18(23)14(19)3/h4-10,13,16H,11-12H2,1-3H3. The molecule has 1 atom stereocenters. The lowest BCUT2D eigenvalue weighted by atomic mass is 10.1. The van der Waals surface area contributed by atoms with Crippen molar-refractivity contribution in [3.8, 4) is 17.1 Å². The molecule has 1 fully saturated rings. The maximum absolute atomic E-state index is 13.9. The van der Waals surface area contributed by atoms with Gasteiger partial charge in [-0.25, -0.2) is 4.39 Å². The van der Waals surface area contributed by atoms with Gasteiger partial charge in [0.15, 0.2) is 0 Å². The number of hydrogen-bond acceptors (Lipinski definition) is 5. The van der Waals surface area contributed by atoms with E-state index in [-0.39, 0.29) is 30.2 Å². The second-order valence-corrected chi connectivity index (χ2v) is 7.44. The summed E-state index contributed by atoms with van der Waals surface area (Å²) in [5.74, 6) is 1.00.